The minimum Gasteiger partial charge on any atom is -0.345 e. The predicted molar refractivity (Wildman–Crippen MR) is 109 cm³/mol. The van der Waals surface area contributed by atoms with Crippen LogP contribution in [0.2, 0.25) is 0 Å². The van der Waals surface area contributed by atoms with Crippen LogP contribution in [0, 0.1) is 0 Å². The zero-order valence-electron chi connectivity index (χ0n) is 15.2. The molecule has 144 valence electrons. The molecule has 3 rings (SSSR count). The van der Waals surface area contributed by atoms with Gasteiger partial charge in [-0.2, -0.15) is 4.31 Å². The number of hydrogen-bond donors (Lipinski definition) is 1. The van der Waals surface area contributed by atoms with Crippen molar-refractivity contribution in [3.8, 4) is 0 Å². The van der Waals surface area contributed by atoms with E-state index in [0.717, 1.165) is 29.3 Å². The maximum absolute atomic E-state index is 12.6. The molecule has 1 N–H and O–H groups in total. The first-order valence-corrected chi connectivity index (χ1v) is 11.3. The zero-order valence-corrected chi connectivity index (χ0v) is 17.6. The molecule has 1 unspecified atom stereocenters. The zero-order chi connectivity index (χ0) is 19.4. The maximum atomic E-state index is 12.6. The van der Waals surface area contributed by atoms with Gasteiger partial charge in [0.1, 0.15) is 0 Å². The van der Waals surface area contributed by atoms with Crippen molar-refractivity contribution in [2.75, 3.05) is 13.1 Å². The Morgan fingerprint density at radius 2 is 1.67 bits per heavy atom. The molecule has 0 saturated carbocycles. The van der Waals surface area contributed by atoms with Gasteiger partial charge in [0, 0.05) is 23.1 Å². The quantitative estimate of drug-likeness (QED) is 0.719. The maximum Gasteiger partial charge on any atom is 0.251 e. The SMILES string of the molecule is CCC(NC(=O)c1ccc(S(=O)(=O)N2CCCC2)cc1)c1ccc(Br)cc1. The third-order valence-corrected chi connectivity index (χ3v) is 7.25. The van der Waals surface area contributed by atoms with Gasteiger partial charge in [0.05, 0.1) is 10.9 Å². The number of nitrogens with zero attached hydrogens (tertiary/aromatic N) is 1. The molecule has 0 aliphatic carbocycles. The molecular formula is C20H23BrN2O3S. The summed E-state index contributed by atoms with van der Waals surface area (Å²) < 4.78 is 27.6. The Balaban J connectivity index is 1.72. The lowest BCUT2D eigenvalue weighted by molar-refractivity contribution is 0.0935. The van der Waals surface area contributed by atoms with Crippen LogP contribution in [0.3, 0.4) is 0 Å². The van der Waals surface area contributed by atoms with Crippen molar-refractivity contribution in [1.82, 2.24) is 9.62 Å². The summed E-state index contributed by atoms with van der Waals surface area (Å²) in [5.74, 6) is -0.213. The van der Waals surface area contributed by atoms with Gasteiger partial charge in [-0.3, -0.25) is 4.79 Å². The highest BCUT2D eigenvalue weighted by molar-refractivity contribution is 9.10. The van der Waals surface area contributed by atoms with Gasteiger partial charge < -0.3 is 5.32 Å². The first kappa shape index (κ1) is 20.0. The van der Waals surface area contributed by atoms with Gasteiger partial charge >= 0.3 is 0 Å². The molecule has 7 heteroatoms. The van der Waals surface area contributed by atoms with Crippen molar-refractivity contribution in [3.05, 3.63) is 64.1 Å². The summed E-state index contributed by atoms with van der Waals surface area (Å²) >= 11 is 3.41. The molecule has 1 aliphatic rings. The Morgan fingerprint density at radius 1 is 1.07 bits per heavy atom. The normalized spacial score (nSPS) is 16.2. The predicted octanol–water partition coefficient (Wildman–Crippen LogP) is 4.11. The van der Waals surface area contributed by atoms with Crippen LogP contribution in [-0.2, 0) is 10.0 Å². The average Bonchev–Trinajstić information content (AvgIpc) is 3.22. The van der Waals surface area contributed by atoms with Crippen LogP contribution in [0.15, 0.2) is 57.9 Å². The third-order valence-electron chi connectivity index (χ3n) is 4.81. The van der Waals surface area contributed by atoms with Crippen LogP contribution in [0.5, 0.6) is 0 Å². The van der Waals surface area contributed by atoms with Crippen LogP contribution in [-0.4, -0.2) is 31.7 Å². The van der Waals surface area contributed by atoms with Gasteiger partial charge in [-0.25, -0.2) is 8.42 Å². The number of amides is 1. The van der Waals surface area contributed by atoms with Crippen LogP contribution in [0.25, 0.3) is 0 Å². The summed E-state index contributed by atoms with van der Waals surface area (Å²) in [6.07, 6.45) is 2.55. The first-order chi connectivity index (χ1) is 12.9. The molecule has 1 heterocycles. The molecule has 0 aromatic heterocycles. The molecule has 1 fully saturated rings. The van der Waals surface area contributed by atoms with E-state index in [4.69, 9.17) is 0 Å². The van der Waals surface area contributed by atoms with Crippen molar-refractivity contribution in [2.24, 2.45) is 0 Å². The van der Waals surface area contributed by atoms with Crippen molar-refractivity contribution >= 4 is 31.9 Å². The largest absolute Gasteiger partial charge is 0.345 e. The molecule has 5 nitrogen and oxygen atoms in total. The van der Waals surface area contributed by atoms with Gasteiger partial charge in [0.15, 0.2) is 0 Å². The Bertz CT molecular complexity index is 890. The lowest BCUT2D eigenvalue weighted by Gasteiger charge is -2.18. The molecule has 2 aromatic rings. The van der Waals surface area contributed by atoms with E-state index in [0.29, 0.717) is 18.7 Å². The van der Waals surface area contributed by atoms with Crippen molar-refractivity contribution in [1.29, 1.82) is 0 Å². The summed E-state index contributed by atoms with van der Waals surface area (Å²) in [7, 11) is -3.46. The van der Waals surface area contributed by atoms with E-state index in [9.17, 15) is 13.2 Å². The minimum absolute atomic E-state index is 0.0985. The highest BCUT2D eigenvalue weighted by Crippen LogP contribution is 2.22. The lowest BCUT2D eigenvalue weighted by atomic mass is 10.0. The number of benzene rings is 2. The van der Waals surface area contributed by atoms with E-state index in [1.807, 2.05) is 31.2 Å². The van der Waals surface area contributed by atoms with Gasteiger partial charge in [-0.1, -0.05) is 35.0 Å². The topological polar surface area (TPSA) is 66.5 Å². The van der Waals surface area contributed by atoms with Crippen LogP contribution < -0.4 is 5.32 Å². The van der Waals surface area contributed by atoms with E-state index in [1.165, 1.54) is 16.4 Å². The summed E-state index contributed by atoms with van der Waals surface area (Å²) in [6, 6.07) is 13.9. The highest BCUT2D eigenvalue weighted by atomic mass is 79.9. The van der Waals surface area contributed by atoms with E-state index in [1.54, 1.807) is 12.1 Å². The van der Waals surface area contributed by atoms with Gasteiger partial charge in [0.25, 0.3) is 5.91 Å². The molecular weight excluding hydrogens is 428 g/mol. The van der Waals surface area contributed by atoms with Crippen molar-refractivity contribution in [3.63, 3.8) is 0 Å². The molecule has 27 heavy (non-hydrogen) atoms. The van der Waals surface area contributed by atoms with Crippen LogP contribution in [0.4, 0.5) is 0 Å². The van der Waals surface area contributed by atoms with Crippen molar-refractivity contribution < 1.29 is 13.2 Å². The molecule has 1 aliphatic heterocycles. The summed E-state index contributed by atoms with van der Waals surface area (Å²) in [5, 5.41) is 3.02. The number of carbonyl (C=O) groups is 1. The molecule has 1 atom stereocenters. The molecule has 1 amide bonds. The minimum atomic E-state index is -3.46. The van der Waals surface area contributed by atoms with Crippen molar-refractivity contribution in [2.45, 2.75) is 37.1 Å². The second-order valence-electron chi connectivity index (χ2n) is 6.62. The van der Waals surface area contributed by atoms with Crippen LogP contribution >= 0.6 is 15.9 Å². The standard InChI is InChI=1S/C20H23BrN2O3S/c1-2-19(15-5-9-17(21)10-6-15)22-20(24)16-7-11-18(12-8-16)27(25,26)23-13-3-4-14-23/h5-12,19H,2-4,13-14H2,1H3,(H,22,24). The Hall–Kier alpha value is -1.70. The highest BCUT2D eigenvalue weighted by Gasteiger charge is 2.27. The fourth-order valence-corrected chi connectivity index (χ4v) is 5.00. The smallest absolute Gasteiger partial charge is 0.251 e. The molecule has 0 radical (unpaired) electrons. The molecule has 1 saturated heterocycles. The Labute approximate surface area is 169 Å². The first-order valence-electron chi connectivity index (χ1n) is 9.08. The van der Waals surface area contributed by atoms with E-state index in [-0.39, 0.29) is 16.8 Å². The number of halogens is 1. The van der Waals surface area contributed by atoms with Gasteiger partial charge in [-0.15, -0.1) is 0 Å². The fraction of sp³-hybridized carbons (Fsp3) is 0.350. The summed E-state index contributed by atoms with van der Waals surface area (Å²) in [5.41, 5.74) is 1.48. The average molecular weight is 451 g/mol. The van der Waals surface area contributed by atoms with Gasteiger partial charge in [-0.05, 0) is 61.2 Å². The molecule has 2 aromatic carbocycles. The molecule has 0 spiro atoms. The van der Waals surface area contributed by atoms with Gasteiger partial charge in [0.2, 0.25) is 10.0 Å². The van der Waals surface area contributed by atoms with E-state index < -0.39 is 10.0 Å². The Morgan fingerprint density at radius 3 is 2.22 bits per heavy atom. The number of rotatable bonds is 6. The fourth-order valence-electron chi connectivity index (χ4n) is 3.21. The molecule has 0 bridgehead atoms. The van der Waals surface area contributed by atoms with E-state index >= 15 is 0 Å². The van der Waals surface area contributed by atoms with E-state index in [2.05, 4.69) is 21.2 Å². The summed E-state index contributed by atoms with van der Waals surface area (Å²) in [4.78, 5) is 12.8. The third kappa shape index (κ3) is 4.59. The lowest BCUT2D eigenvalue weighted by Crippen LogP contribution is -2.29. The number of hydrogen-bond acceptors (Lipinski definition) is 3. The second-order valence-corrected chi connectivity index (χ2v) is 9.48. The number of sulfonamides is 1. The number of nitrogens with one attached hydrogen (secondary N) is 1. The monoisotopic (exact) mass is 450 g/mol. The second kappa shape index (κ2) is 8.54. The number of carbonyl (C=O) groups excluding carboxylic acids is 1. The Kier molecular flexibility index (Phi) is 6.34. The summed E-state index contributed by atoms with van der Waals surface area (Å²) in [6.45, 7) is 3.14. The van der Waals surface area contributed by atoms with Crippen LogP contribution in [0.1, 0.15) is 48.1 Å².